The predicted molar refractivity (Wildman–Crippen MR) is 95.9 cm³/mol. The zero-order valence-electron chi connectivity index (χ0n) is 15.2. The van der Waals surface area contributed by atoms with E-state index in [0.717, 1.165) is 0 Å². The first-order chi connectivity index (χ1) is 13.8. The molecule has 1 aromatic carbocycles. The van der Waals surface area contributed by atoms with Gasteiger partial charge in [0.25, 0.3) is 5.91 Å². The van der Waals surface area contributed by atoms with E-state index in [0.29, 0.717) is 22.5 Å². The van der Waals surface area contributed by atoms with Gasteiger partial charge in [-0.25, -0.2) is 9.37 Å². The van der Waals surface area contributed by atoms with Crippen molar-refractivity contribution in [3.05, 3.63) is 47.8 Å². The summed E-state index contributed by atoms with van der Waals surface area (Å²) in [5.41, 5.74) is 5.24. The molecule has 0 spiro atoms. The van der Waals surface area contributed by atoms with Crippen molar-refractivity contribution in [2.24, 2.45) is 5.73 Å². The van der Waals surface area contributed by atoms with Crippen LogP contribution in [0.3, 0.4) is 0 Å². The Balaban J connectivity index is 1.83. The largest absolute Gasteiger partial charge is 0.496 e. The molecule has 3 heterocycles. The van der Waals surface area contributed by atoms with E-state index in [1.807, 2.05) is 0 Å². The molecule has 1 amide bonds. The molecule has 0 bridgehead atoms. The number of pyridine rings is 1. The summed E-state index contributed by atoms with van der Waals surface area (Å²) in [5, 5.41) is 0. The smallest absolute Gasteiger partial charge is 0.387 e. The van der Waals surface area contributed by atoms with Crippen molar-refractivity contribution >= 4 is 11.6 Å². The van der Waals surface area contributed by atoms with Crippen molar-refractivity contribution < 1.29 is 32.2 Å². The van der Waals surface area contributed by atoms with Gasteiger partial charge < -0.3 is 19.9 Å². The third kappa shape index (κ3) is 3.25. The van der Waals surface area contributed by atoms with Crippen LogP contribution in [-0.4, -0.2) is 42.2 Å². The third-order valence-electron chi connectivity index (χ3n) is 4.74. The molecule has 10 heteroatoms. The number of halogens is 3. The van der Waals surface area contributed by atoms with Crippen LogP contribution in [0.15, 0.2) is 36.7 Å². The van der Waals surface area contributed by atoms with E-state index in [4.69, 9.17) is 15.2 Å². The molecular weight excluding hydrogens is 391 g/mol. The van der Waals surface area contributed by atoms with Crippen LogP contribution in [0.5, 0.6) is 11.5 Å². The number of carbonyl (C=O) groups is 1. The Morgan fingerprint density at radius 3 is 2.62 bits per heavy atom. The van der Waals surface area contributed by atoms with Gasteiger partial charge in [-0.15, -0.1) is 0 Å². The van der Waals surface area contributed by atoms with Gasteiger partial charge in [0.1, 0.15) is 22.7 Å². The summed E-state index contributed by atoms with van der Waals surface area (Å²) >= 11 is 0. The predicted octanol–water partition coefficient (Wildman–Crippen LogP) is 2.91. The lowest BCUT2D eigenvalue weighted by Crippen LogP contribution is -2.42. The molecular formula is C19H16F3N3O4. The summed E-state index contributed by atoms with van der Waals surface area (Å²) in [6.45, 7) is -3.20. The minimum absolute atomic E-state index is 0.0170. The number of ether oxygens (including phenoxy) is 3. The fourth-order valence-corrected chi connectivity index (χ4v) is 3.25. The van der Waals surface area contributed by atoms with Gasteiger partial charge in [0, 0.05) is 11.8 Å². The Hall–Kier alpha value is -3.27. The molecule has 1 aliphatic rings. The minimum Gasteiger partial charge on any atom is -0.496 e. The van der Waals surface area contributed by atoms with Gasteiger partial charge in [0.15, 0.2) is 5.67 Å². The molecule has 29 heavy (non-hydrogen) atoms. The summed E-state index contributed by atoms with van der Waals surface area (Å²) < 4.78 is 56.5. The molecule has 7 nitrogen and oxygen atoms in total. The Kier molecular flexibility index (Phi) is 4.58. The summed E-state index contributed by atoms with van der Waals surface area (Å²) in [7, 11) is 1.28. The number of benzene rings is 1. The van der Waals surface area contributed by atoms with Gasteiger partial charge in [0.05, 0.1) is 32.2 Å². The number of fused-ring (bicyclic) bond motifs is 1. The van der Waals surface area contributed by atoms with E-state index in [1.165, 1.54) is 25.4 Å². The normalized spacial score (nSPS) is 15.3. The number of methoxy groups -OCH3 is 1. The van der Waals surface area contributed by atoms with Crippen LogP contribution in [0.1, 0.15) is 15.9 Å². The molecule has 1 aliphatic heterocycles. The molecule has 2 aromatic heterocycles. The fourth-order valence-electron chi connectivity index (χ4n) is 3.25. The first-order valence-electron chi connectivity index (χ1n) is 8.53. The van der Waals surface area contributed by atoms with Gasteiger partial charge >= 0.3 is 6.61 Å². The lowest BCUT2D eigenvalue weighted by Gasteiger charge is -2.34. The van der Waals surface area contributed by atoms with Crippen LogP contribution in [0, 0.1) is 0 Å². The van der Waals surface area contributed by atoms with Gasteiger partial charge in [-0.05, 0) is 29.8 Å². The first-order valence-corrected chi connectivity index (χ1v) is 8.53. The zero-order valence-corrected chi connectivity index (χ0v) is 15.2. The van der Waals surface area contributed by atoms with E-state index in [-0.39, 0.29) is 24.5 Å². The molecule has 0 aliphatic carbocycles. The maximum absolute atomic E-state index is 14.6. The van der Waals surface area contributed by atoms with Crippen LogP contribution in [0.2, 0.25) is 0 Å². The Labute approximate surface area is 162 Å². The van der Waals surface area contributed by atoms with E-state index >= 15 is 0 Å². The van der Waals surface area contributed by atoms with Crippen LogP contribution >= 0.6 is 0 Å². The number of imidazole rings is 1. The van der Waals surface area contributed by atoms with Crippen LogP contribution in [-0.2, 0) is 10.4 Å². The molecule has 152 valence electrons. The lowest BCUT2D eigenvalue weighted by atomic mass is 9.95. The van der Waals surface area contributed by atoms with Crippen molar-refractivity contribution in [3.8, 4) is 22.8 Å². The number of hydrogen-bond acceptors (Lipinski definition) is 5. The molecule has 1 saturated heterocycles. The van der Waals surface area contributed by atoms with Crippen LogP contribution < -0.4 is 15.2 Å². The number of alkyl halides is 3. The monoisotopic (exact) mass is 407 g/mol. The number of hydrogen-bond donors (Lipinski definition) is 1. The fraction of sp³-hybridized carbons (Fsp3) is 0.263. The second-order valence-corrected chi connectivity index (χ2v) is 6.54. The highest BCUT2D eigenvalue weighted by atomic mass is 19.3. The summed E-state index contributed by atoms with van der Waals surface area (Å²) in [5.74, 6) is -1.41. The van der Waals surface area contributed by atoms with Crippen LogP contribution in [0.4, 0.5) is 13.2 Å². The van der Waals surface area contributed by atoms with E-state index in [1.54, 1.807) is 22.7 Å². The lowest BCUT2D eigenvalue weighted by molar-refractivity contribution is -0.135. The van der Waals surface area contributed by atoms with E-state index < -0.39 is 23.9 Å². The number of nitrogens with zero attached hydrogens (tertiary/aromatic N) is 2. The Morgan fingerprint density at radius 2 is 2.03 bits per heavy atom. The van der Waals surface area contributed by atoms with Gasteiger partial charge in [-0.1, -0.05) is 0 Å². The molecule has 0 saturated carbocycles. The van der Waals surface area contributed by atoms with Crippen LogP contribution in [0.25, 0.3) is 16.9 Å². The maximum Gasteiger partial charge on any atom is 0.387 e. The minimum atomic E-state index is -3.16. The molecule has 4 rings (SSSR count). The van der Waals surface area contributed by atoms with Crippen molar-refractivity contribution in [3.63, 3.8) is 0 Å². The molecule has 0 unspecified atom stereocenters. The summed E-state index contributed by atoms with van der Waals surface area (Å²) in [6.07, 6.45) is 3.11. The van der Waals surface area contributed by atoms with Crippen molar-refractivity contribution in [1.82, 2.24) is 9.38 Å². The molecule has 0 radical (unpaired) electrons. The van der Waals surface area contributed by atoms with E-state index in [9.17, 15) is 18.0 Å². The summed E-state index contributed by atoms with van der Waals surface area (Å²) in [4.78, 5) is 16.0. The van der Waals surface area contributed by atoms with Gasteiger partial charge in [-0.2, -0.15) is 8.78 Å². The van der Waals surface area contributed by atoms with Crippen molar-refractivity contribution in [1.29, 1.82) is 0 Å². The molecule has 0 atom stereocenters. The number of carbonyl (C=O) groups excluding carboxylic acids is 1. The topological polar surface area (TPSA) is 88.1 Å². The Bertz CT molecular complexity index is 1100. The number of primary amides is 1. The standard InChI is InChI=1S/C19H16F3N3O4/c1-27-13-4-10(5-14(29-18(20)21)16(13)17(23)26)12-7-24-15-6-11(2-3-25(12)15)19(22)8-28-9-19/h2-7,18H,8-9H2,1H3,(H2,23,26). The quantitative estimate of drug-likeness (QED) is 0.679. The highest BCUT2D eigenvalue weighted by Gasteiger charge is 2.40. The Morgan fingerprint density at radius 1 is 1.31 bits per heavy atom. The highest BCUT2D eigenvalue weighted by molar-refractivity contribution is 5.99. The zero-order chi connectivity index (χ0) is 20.8. The van der Waals surface area contributed by atoms with Crippen molar-refractivity contribution in [2.45, 2.75) is 12.3 Å². The first kappa shape index (κ1) is 19.1. The number of amides is 1. The van der Waals surface area contributed by atoms with Gasteiger partial charge in [-0.3, -0.25) is 9.20 Å². The molecule has 1 fully saturated rings. The molecule has 2 N–H and O–H groups in total. The average Bonchev–Trinajstić information content (AvgIpc) is 3.07. The summed E-state index contributed by atoms with van der Waals surface area (Å²) in [6, 6.07) is 5.92. The second-order valence-electron chi connectivity index (χ2n) is 6.54. The number of nitrogens with two attached hydrogens (primary N) is 1. The second kappa shape index (κ2) is 6.96. The molecule has 3 aromatic rings. The maximum atomic E-state index is 14.6. The SMILES string of the molecule is COc1cc(-c2cnc3cc(C4(F)COC4)ccn23)cc(OC(F)F)c1C(N)=O. The van der Waals surface area contributed by atoms with E-state index in [2.05, 4.69) is 9.72 Å². The van der Waals surface area contributed by atoms with Gasteiger partial charge in [0.2, 0.25) is 0 Å². The average molecular weight is 407 g/mol. The number of aromatic nitrogens is 2. The third-order valence-corrected chi connectivity index (χ3v) is 4.74. The number of rotatable bonds is 6. The van der Waals surface area contributed by atoms with Crippen molar-refractivity contribution in [2.75, 3.05) is 20.3 Å². The highest BCUT2D eigenvalue weighted by Crippen LogP contribution is 2.37.